The Morgan fingerprint density at radius 3 is 2.04 bits per heavy atom. The molecule has 7 amide bonds. The van der Waals surface area contributed by atoms with Gasteiger partial charge in [-0.2, -0.15) is 0 Å². The van der Waals surface area contributed by atoms with Gasteiger partial charge in [-0.05, 0) is 125 Å². The summed E-state index contributed by atoms with van der Waals surface area (Å²) < 4.78 is 12.7. The fourth-order valence-electron chi connectivity index (χ4n) is 9.72. The van der Waals surface area contributed by atoms with E-state index in [0.717, 1.165) is 43.2 Å². The van der Waals surface area contributed by atoms with Crippen LogP contribution in [0.2, 0.25) is 0 Å². The molecular formula is C49H73BN8O10. The summed E-state index contributed by atoms with van der Waals surface area (Å²) >= 11 is 0. The molecule has 3 saturated carbocycles. The summed E-state index contributed by atoms with van der Waals surface area (Å²) in [6.45, 7) is 13.3. The summed E-state index contributed by atoms with van der Waals surface area (Å²) in [6.07, 6.45) is 4.06. The summed E-state index contributed by atoms with van der Waals surface area (Å²) in [4.78, 5) is 92.0. The molecule has 4 aliphatic rings. The van der Waals surface area contributed by atoms with Crippen molar-refractivity contribution < 1.29 is 48.0 Å². The van der Waals surface area contributed by atoms with Gasteiger partial charge in [0.05, 0.1) is 30.2 Å². The highest BCUT2D eigenvalue weighted by Crippen LogP contribution is 2.65. The van der Waals surface area contributed by atoms with Gasteiger partial charge >= 0.3 is 7.12 Å². The molecule has 11 N–H and O–H groups in total. The van der Waals surface area contributed by atoms with E-state index in [2.05, 4.69) is 83.9 Å². The molecular weight excluding hydrogens is 871 g/mol. The van der Waals surface area contributed by atoms with Crippen LogP contribution in [0.15, 0.2) is 48.5 Å². The lowest BCUT2D eigenvalue weighted by molar-refractivity contribution is -0.199. The maximum Gasteiger partial charge on any atom is 0.481 e. The Morgan fingerprint density at radius 1 is 0.794 bits per heavy atom. The molecule has 2 aromatic rings. The number of hydrogen-bond donors (Lipinski definition) is 9. The summed E-state index contributed by atoms with van der Waals surface area (Å²) in [5.41, 5.74) is 14.4. The maximum atomic E-state index is 13.6. The van der Waals surface area contributed by atoms with Crippen LogP contribution >= 0.6 is 0 Å². The first kappa shape index (κ1) is 53.6. The molecule has 0 aromatic heterocycles. The van der Waals surface area contributed by atoms with Crippen molar-refractivity contribution in [3.63, 3.8) is 0 Å². The number of unbranched alkanes of at least 4 members (excludes halogenated alkanes) is 2. The van der Waals surface area contributed by atoms with Crippen molar-refractivity contribution in [2.24, 2.45) is 28.7 Å². The molecule has 0 spiro atoms. The van der Waals surface area contributed by atoms with Crippen LogP contribution in [0.1, 0.15) is 122 Å². The Balaban J connectivity index is 1.10. The van der Waals surface area contributed by atoms with Crippen molar-refractivity contribution in [3.8, 4) is 11.1 Å². The highest BCUT2D eigenvalue weighted by molar-refractivity contribution is 6.47. The van der Waals surface area contributed by atoms with Gasteiger partial charge in [0.2, 0.25) is 35.4 Å². The van der Waals surface area contributed by atoms with E-state index < -0.39 is 90.8 Å². The lowest BCUT2D eigenvalue weighted by Crippen LogP contribution is -2.65. The minimum absolute atomic E-state index is 0.0228. The van der Waals surface area contributed by atoms with Crippen LogP contribution in [-0.4, -0.2) is 115 Å². The lowest BCUT2D eigenvalue weighted by atomic mass is 9.43. The molecule has 10 atom stereocenters. The van der Waals surface area contributed by atoms with Gasteiger partial charge in [-0.25, -0.2) is 0 Å². The van der Waals surface area contributed by atoms with E-state index in [1.807, 2.05) is 12.1 Å². The van der Waals surface area contributed by atoms with Crippen LogP contribution in [-0.2, 0) is 44.5 Å². The second-order valence-corrected chi connectivity index (χ2v) is 19.6. The maximum absolute atomic E-state index is 13.6. The molecule has 1 saturated heterocycles. The number of rotatable bonds is 25. The van der Waals surface area contributed by atoms with E-state index in [1.54, 1.807) is 19.1 Å². The highest BCUT2D eigenvalue weighted by atomic mass is 16.7. The average Bonchev–Trinajstić information content (AvgIpc) is 3.67. The number of carbonyl (C=O) groups excluding carboxylic acids is 7. The van der Waals surface area contributed by atoms with Crippen LogP contribution in [0.3, 0.4) is 0 Å². The fraction of sp³-hybridized carbons (Fsp3) is 0.612. The Morgan fingerprint density at radius 2 is 1.44 bits per heavy atom. The van der Waals surface area contributed by atoms with E-state index in [1.165, 1.54) is 19.4 Å². The third-order valence-electron chi connectivity index (χ3n) is 14.1. The fourth-order valence-corrected chi connectivity index (χ4v) is 9.72. The molecule has 68 heavy (non-hydrogen) atoms. The molecule has 19 heteroatoms. The highest BCUT2D eigenvalue weighted by Gasteiger charge is 2.68. The molecule has 2 bridgehead atoms. The predicted molar refractivity (Wildman–Crippen MR) is 257 cm³/mol. The molecule has 3 aliphatic carbocycles. The number of primary amides is 1. The van der Waals surface area contributed by atoms with E-state index >= 15 is 0 Å². The van der Waals surface area contributed by atoms with E-state index in [4.69, 9.17) is 20.8 Å². The topological polar surface area (TPSA) is 282 Å². The zero-order valence-electron chi connectivity index (χ0n) is 40.7. The monoisotopic (exact) mass is 945 g/mol. The largest absolute Gasteiger partial charge is 0.481 e. The minimum atomic E-state index is -1.57. The molecule has 2 aromatic carbocycles. The van der Waals surface area contributed by atoms with Gasteiger partial charge in [0.15, 0.2) is 0 Å². The quantitative estimate of drug-likeness (QED) is 0.0512. The summed E-state index contributed by atoms with van der Waals surface area (Å²) in [5, 5.41) is 26.2. The Kier molecular flexibility index (Phi) is 18.7. The van der Waals surface area contributed by atoms with E-state index in [0.29, 0.717) is 36.8 Å². The van der Waals surface area contributed by atoms with Gasteiger partial charge in [-0.1, -0.05) is 63.6 Å². The molecule has 18 nitrogen and oxygen atoms in total. The predicted octanol–water partition coefficient (Wildman–Crippen LogP) is 1.93. The summed E-state index contributed by atoms with van der Waals surface area (Å²) in [6, 6.07) is 10.1. The van der Waals surface area contributed by atoms with E-state index in [-0.39, 0.29) is 36.8 Å². The zero-order chi connectivity index (χ0) is 49.9. The van der Waals surface area contributed by atoms with Gasteiger partial charge in [0.25, 0.3) is 5.91 Å². The molecule has 4 fully saturated rings. The standard InChI is InChI=1S/C49H73BN8O10/c1-8-9-12-31-14-16-32(17-15-31)33-18-20-34(21-19-33)44(63)53-24-22-41(61)56-36(13-10-11-23-51)45(64)58-42(29(3)59)47(66)54-28(2)43(62)57-37(27-40(52)60)46(65)55-30(4)50-67-39-26-35-25-38(48(35,5)6)49(39,7)68-50/h14-21,28-30,35-39,42,59H,8-13,22-27,51H2,1-7H3,(H2,52,60)(H,53,63)(H,54,66)(H,55,65)(H,56,61)(H,57,62)(H,58,64)/t28-,29+,30-,35-,36-,37-,38-,39?,42-,49-/m0/s1. The molecule has 1 heterocycles. The van der Waals surface area contributed by atoms with E-state index in [9.17, 15) is 38.7 Å². The summed E-state index contributed by atoms with van der Waals surface area (Å²) in [5.74, 6) is -4.89. The van der Waals surface area contributed by atoms with Crippen molar-refractivity contribution in [2.45, 2.75) is 161 Å². The van der Waals surface area contributed by atoms with Crippen LogP contribution < -0.4 is 43.4 Å². The number of nitrogens with two attached hydrogens (primary N) is 2. The van der Waals surface area contributed by atoms with Crippen molar-refractivity contribution in [3.05, 3.63) is 59.7 Å². The van der Waals surface area contributed by atoms with Gasteiger partial charge in [-0.15, -0.1) is 0 Å². The molecule has 0 radical (unpaired) electrons. The van der Waals surface area contributed by atoms with Crippen LogP contribution in [0.5, 0.6) is 0 Å². The SMILES string of the molecule is CCCCc1ccc(-c2ccc(C(=O)NCCC(=O)N[C@@H](CCCCN)C(=O)N[C@H](C(=O)N[C@@H](C)C(=O)N[C@@H](CC(N)=O)C(=O)N[C@@H](C)B3OC4C[C@@H]5C[C@@H](C5(C)C)[C@]4(C)O3)[C@@H](C)O)cc2)cc1. The second-order valence-electron chi connectivity index (χ2n) is 19.6. The number of amides is 7. The molecule has 1 unspecified atom stereocenters. The normalized spacial score (nSPS) is 22.7. The number of nitrogens with one attached hydrogen (secondary N) is 6. The first-order valence-corrected chi connectivity index (χ1v) is 24.2. The molecule has 6 rings (SSSR count). The smallest absolute Gasteiger partial charge is 0.404 e. The van der Waals surface area contributed by atoms with Crippen molar-refractivity contribution in [1.82, 2.24) is 31.9 Å². The van der Waals surface area contributed by atoms with Crippen molar-refractivity contribution >= 4 is 48.5 Å². The number of hydrogen-bond acceptors (Lipinski definition) is 11. The molecule has 372 valence electrons. The van der Waals surface area contributed by atoms with Gasteiger partial charge in [0, 0.05) is 18.5 Å². The van der Waals surface area contributed by atoms with Gasteiger partial charge in [-0.3, -0.25) is 33.6 Å². The minimum Gasteiger partial charge on any atom is -0.404 e. The number of aryl methyl sites for hydroxylation is 1. The number of aliphatic hydroxyl groups excluding tert-OH is 1. The Labute approximate surface area is 400 Å². The third kappa shape index (κ3) is 13.4. The van der Waals surface area contributed by atoms with Crippen LogP contribution in [0.25, 0.3) is 11.1 Å². The number of benzene rings is 2. The van der Waals surface area contributed by atoms with Gasteiger partial charge < -0.3 is 57.8 Å². The summed E-state index contributed by atoms with van der Waals surface area (Å²) in [7, 11) is -0.764. The molecule has 1 aliphatic heterocycles. The zero-order valence-corrected chi connectivity index (χ0v) is 40.7. The lowest BCUT2D eigenvalue weighted by Gasteiger charge is -2.64. The Hall–Kier alpha value is -5.37. The van der Waals surface area contributed by atoms with Crippen LogP contribution in [0, 0.1) is 17.3 Å². The van der Waals surface area contributed by atoms with Crippen molar-refractivity contribution in [2.75, 3.05) is 13.1 Å². The average molecular weight is 945 g/mol. The number of carbonyl (C=O) groups is 7. The first-order valence-electron chi connectivity index (χ1n) is 24.2. The number of aliphatic hydroxyl groups is 1. The third-order valence-corrected chi connectivity index (χ3v) is 14.1. The first-order chi connectivity index (χ1) is 32.2. The van der Waals surface area contributed by atoms with Crippen LogP contribution in [0.4, 0.5) is 0 Å². The second kappa shape index (κ2) is 23.8. The van der Waals surface area contributed by atoms with Crippen molar-refractivity contribution in [1.29, 1.82) is 0 Å². The van der Waals surface area contributed by atoms with Gasteiger partial charge in [0.1, 0.15) is 24.2 Å². The Bertz CT molecular complexity index is 2110.